The van der Waals surface area contributed by atoms with Gasteiger partial charge in [-0.15, -0.1) is 0 Å². The second-order valence-electron chi connectivity index (χ2n) is 4.11. The van der Waals surface area contributed by atoms with Crippen molar-refractivity contribution in [2.45, 2.75) is 40.2 Å². The van der Waals surface area contributed by atoms with Crippen LogP contribution in [-0.2, 0) is 0 Å². The molecule has 0 aliphatic rings. The highest BCUT2D eigenvalue weighted by molar-refractivity contribution is 5.42. The van der Waals surface area contributed by atoms with E-state index in [1.807, 2.05) is 6.92 Å². The molecule has 0 aliphatic carbocycles. The topological polar surface area (TPSA) is 35.2 Å². The van der Waals surface area contributed by atoms with Crippen LogP contribution in [0, 0.1) is 13.8 Å². The van der Waals surface area contributed by atoms with E-state index in [9.17, 15) is 0 Å². The molecule has 1 aromatic carbocycles. The van der Waals surface area contributed by atoms with E-state index in [2.05, 4.69) is 32.9 Å². The van der Waals surface area contributed by atoms with Crippen LogP contribution in [0.15, 0.2) is 12.1 Å². The van der Waals surface area contributed by atoms with Crippen molar-refractivity contribution >= 4 is 0 Å². The first-order chi connectivity index (χ1) is 7.06. The third kappa shape index (κ3) is 2.96. The zero-order valence-electron chi connectivity index (χ0n) is 10.1. The molecule has 84 valence electrons. The Morgan fingerprint density at radius 2 is 1.80 bits per heavy atom. The van der Waals surface area contributed by atoms with Gasteiger partial charge in [-0.25, -0.2) is 0 Å². The van der Waals surface area contributed by atoms with E-state index in [0.29, 0.717) is 0 Å². The quantitative estimate of drug-likeness (QED) is 0.823. The highest BCUT2D eigenvalue weighted by Crippen LogP contribution is 2.25. The molecular weight excluding hydrogens is 186 g/mol. The molecule has 0 heterocycles. The van der Waals surface area contributed by atoms with Crippen LogP contribution in [0.4, 0.5) is 0 Å². The fraction of sp³-hybridized carbons (Fsp3) is 0.538. The van der Waals surface area contributed by atoms with Crippen LogP contribution in [0.5, 0.6) is 5.75 Å². The highest BCUT2D eigenvalue weighted by atomic mass is 16.5. The average Bonchev–Trinajstić information content (AvgIpc) is 2.12. The highest BCUT2D eigenvalue weighted by Gasteiger charge is 2.09. The summed E-state index contributed by atoms with van der Waals surface area (Å²) >= 11 is 0. The van der Waals surface area contributed by atoms with Crippen molar-refractivity contribution in [3.8, 4) is 5.75 Å². The van der Waals surface area contributed by atoms with Gasteiger partial charge in [0.1, 0.15) is 5.75 Å². The molecule has 1 rings (SSSR count). The Morgan fingerprint density at radius 3 is 2.20 bits per heavy atom. The van der Waals surface area contributed by atoms with Gasteiger partial charge in [-0.05, 0) is 56.0 Å². The number of nitrogens with two attached hydrogens (primary N) is 1. The molecule has 15 heavy (non-hydrogen) atoms. The van der Waals surface area contributed by atoms with E-state index in [-0.39, 0.29) is 6.04 Å². The molecule has 0 radical (unpaired) electrons. The summed E-state index contributed by atoms with van der Waals surface area (Å²) in [5, 5.41) is 0. The van der Waals surface area contributed by atoms with Gasteiger partial charge in [-0.1, -0.05) is 6.92 Å². The third-order valence-electron chi connectivity index (χ3n) is 2.50. The van der Waals surface area contributed by atoms with E-state index in [1.54, 1.807) is 0 Å². The Balaban J connectivity index is 2.97. The molecule has 2 heteroatoms. The van der Waals surface area contributed by atoms with Crippen molar-refractivity contribution in [2.75, 3.05) is 6.61 Å². The Hall–Kier alpha value is -1.02. The number of aryl methyl sites for hydroxylation is 2. The number of hydrogen-bond acceptors (Lipinski definition) is 2. The summed E-state index contributed by atoms with van der Waals surface area (Å²) in [5.74, 6) is 0.955. The van der Waals surface area contributed by atoms with Crippen molar-refractivity contribution in [2.24, 2.45) is 5.73 Å². The molecule has 1 atom stereocenters. The molecule has 0 saturated heterocycles. The van der Waals surface area contributed by atoms with Gasteiger partial charge in [0.2, 0.25) is 0 Å². The maximum Gasteiger partial charge on any atom is 0.119 e. The van der Waals surface area contributed by atoms with Crippen molar-refractivity contribution in [3.63, 3.8) is 0 Å². The van der Waals surface area contributed by atoms with Crippen LogP contribution in [-0.4, -0.2) is 6.61 Å². The van der Waals surface area contributed by atoms with Crippen molar-refractivity contribution in [1.82, 2.24) is 0 Å². The summed E-state index contributed by atoms with van der Waals surface area (Å²) in [6.07, 6.45) is 1.03. The monoisotopic (exact) mass is 207 g/mol. The normalized spacial score (nSPS) is 12.6. The second kappa shape index (κ2) is 5.17. The predicted molar refractivity (Wildman–Crippen MR) is 64.3 cm³/mol. The number of rotatable bonds is 4. The SMILES string of the molecule is CCCOc1cc(C)c(C(C)N)c(C)c1. The van der Waals surface area contributed by atoms with E-state index < -0.39 is 0 Å². The molecule has 0 aliphatic heterocycles. The largest absolute Gasteiger partial charge is 0.494 e. The van der Waals surface area contributed by atoms with Gasteiger partial charge >= 0.3 is 0 Å². The van der Waals surface area contributed by atoms with Gasteiger partial charge in [-0.3, -0.25) is 0 Å². The zero-order valence-corrected chi connectivity index (χ0v) is 10.1. The second-order valence-corrected chi connectivity index (χ2v) is 4.11. The predicted octanol–water partition coefficient (Wildman–Crippen LogP) is 3.11. The van der Waals surface area contributed by atoms with Crippen LogP contribution in [0.3, 0.4) is 0 Å². The summed E-state index contributed by atoms with van der Waals surface area (Å²) in [6, 6.07) is 4.23. The third-order valence-corrected chi connectivity index (χ3v) is 2.50. The molecule has 2 N–H and O–H groups in total. The Kier molecular flexibility index (Phi) is 4.15. The Morgan fingerprint density at radius 1 is 1.27 bits per heavy atom. The van der Waals surface area contributed by atoms with Gasteiger partial charge in [0.15, 0.2) is 0 Å². The molecule has 0 spiro atoms. The lowest BCUT2D eigenvalue weighted by Gasteiger charge is -2.15. The van der Waals surface area contributed by atoms with Gasteiger partial charge in [0, 0.05) is 6.04 Å². The van der Waals surface area contributed by atoms with E-state index in [4.69, 9.17) is 10.5 Å². The molecular formula is C13H21NO. The fourth-order valence-electron chi connectivity index (χ4n) is 1.96. The molecule has 1 unspecified atom stereocenters. The van der Waals surface area contributed by atoms with Gasteiger partial charge < -0.3 is 10.5 Å². The molecule has 1 aromatic rings. The Labute approximate surface area is 92.4 Å². The van der Waals surface area contributed by atoms with Crippen LogP contribution in [0.2, 0.25) is 0 Å². The molecule has 0 aromatic heterocycles. The van der Waals surface area contributed by atoms with Crippen LogP contribution >= 0.6 is 0 Å². The smallest absolute Gasteiger partial charge is 0.119 e. The number of ether oxygens (including phenoxy) is 1. The van der Waals surface area contributed by atoms with E-state index in [1.165, 1.54) is 16.7 Å². The first-order valence-corrected chi connectivity index (χ1v) is 5.55. The lowest BCUT2D eigenvalue weighted by atomic mass is 9.97. The first kappa shape index (κ1) is 12.1. The zero-order chi connectivity index (χ0) is 11.4. The first-order valence-electron chi connectivity index (χ1n) is 5.55. The lowest BCUT2D eigenvalue weighted by molar-refractivity contribution is 0.317. The standard InChI is InChI=1S/C13H21NO/c1-5-6-15-12-7-9(2)13(11(4)14)10(3)8-12/h7-8,11H,5-6,14H2,1-4H3. The van der Waals surface area contributed by atoms with Crippen molar-refractivity contribution in [1.29, 1.82) is 0 Å². The Bertz CT molecular complexity index is 308. The molecule has 0 amide bonds. The van der Waals surface area contributed by atoms with Crippen molar-refractivity contribution in [3.05, 3.63) is 28.8 Å². The number of benzene rings is 1. The van der Waals surface area contributed by atoms with Crippen LogP contribution < -0.4 is 10.5 Å². The fourth-order valence-corrected chi connectivity index (χ4v) is 1.96. The molecule has 0 saturated carbocycles. The summed E-state index contributed by atoms with van der Waals surface area (Å²) in [7, 11) is 0. The molecule has 0 bridgehead atoms. The minimum absolute atomic E-state index is 0.0882. The van der Waals surface area contributed by atoms with Gasteiger partial charge in [0.05, 0.1) is 6.61 Å². The summed E-state index contributed by atoms with van der Waals surface area (Å²) in [5.41, 5.74) is 9.60. The average molecular weight is 207 g/mol. The van der Waals surface area contributed by atoms with Gasteiger partial charge in [-0.2, -0.15) is 0 Å². The maximum atomic E-state index is 5.92. The van der Waals surface area contributed by atoms with Crippen LogP contribution in [0.1, 0.15) is 43.0 Å². The van der Waals surface area contributed by atoms with E-state index in [0.717, 1.165) is 18.8 Å². The lowest BCUT2D eigenvalue weighted by Crippen LogP contribution is -2.09. The molecule has 2 nitrogen and oxygen atoms in total. The summed E-state index contributed by atoms with van der Waals surface area (Å²) in [6.45, 7) is 9.07. The minimum Gasteiger partial charge on any atom is -0.494 e. The minimum atomic E-state index is 0.0882. The van der Waals surface area contributed by atoms with Crippen molar-refractivity contribution < 1.29 is 4.74 Å². The molecule has 0 fully saturated rings. The van der Waals surface area contributed by atoms with E-state index >= 15 is 0 Å². The summed E-state index contributed by atoms with van der Waals surface area (Å²) < 4.78 is 5.61. The maximum absolute atomic E-state index is 5.92. The summed E-state index contributed by atoms with van der Waals surface area (Å²) in [4.78, 5) is 0. The van der Waals surface area contributed by atoms with Gasteiger partial charge in [0.25, 0.3) is 0 Å². The number of hydrogen-bond donors (Lipinski definition) is 1. The van der Waals surface area contributed by atoms with Crippen LogP contribution in [0.25, 0.3) is 0 Å².